The third kappa shape index (κ3) is 1.66. The molecule has 0 fully saturated rings. The minimum Gasteiger partial charge on any atom is -0.477 e. The van der Waals surface area contributed by atoms with E-state index < -0.39 is 5.97 Å². The molecule has 0 amide bonds. The second-order valence-electron chi connectivity index (χ2n) is 2.83. The quantitative estimate of drug-likeness (QED) is 0.801. The largest absolute Gasteiger partial charge is 0.477 e. The van der Waals surface area contributed by atoms with Crippen LogP contribution in [0.5, 0.6) is 0 Å². The van der Waals surface area contributed by atoms with E-state index in [2.05, 4.69) is 9.97 Å². The van der Waals surface area contributed by atoms with E-state index in [0.29, 0.717) is 16.8 Å². The van der Waals surface area contributed by atoms with Gasteiger partial charge in [0.2, 0.25) is 0 Å². The van der Waals surface area contributed by atoms with Crippen molar-refractivity contribution in [3.8, 4) is 11.1 Å². The second-order valence-corrected chi connectivity index (χ2v) is 3.71. The molecule has 2 heterocycles. The number of aromatic nitrogens is 2. The fraction of sp³-hybridized carbons (Fsp3) is 0. The molecule has 0 unspecified atom stereocenters. The highest BCUT2D eigenvalue weighted by Gasteiger charge is 2.17. The first kappa shape index (κ1) is 9.60. The molecule has 3 N–H and O–H groups in total. The molecule has 0 spiro atoms. The molecule has 2 aromatic rings. The zero-order valence-electron chi connectivity index (χ0n) is 7.54. The van der Waals surface area contributed by atoms with E-state index in [9.17, 15) is 4.79 Å². The number of nitrogens with two attached hydrogens (primary N) is 1. The number of thiophene rings is 1. The molecular weight excluding hydrogens is 214 g/mol. The van der Waals surface area contributed by atoms with Gasteiger partial charge in [-0.25, -0.2) is 14.8 Å². The molecule has 5 nitrogen and oxygen atoms in total. The average Bonchev–Trinajstić information content (AvgIpc) is 2.61. The summed E-state index contributed by atoms with van der Waals surface area (Å²) in [6, 6.07) is 0. The highest BCUT2D eigenvalue weighted by Crippen LogP contribution is 2.33. The normalized spacial score (nSPS) is 10.1. The Morgan fingerprint density at radius 1 is 1.40 bits per heavy atom. The fourth-order valence-corrected chi connectivity index (χ4v) is 2.07. The van der Waals surface area contributed by atoms with Crippen LogP contribution in [-0.2, 0) is 0 Å². The van der Waals surface area contributed by atoms with Crippen LogP contribution >= 0.6 is 11.3 Å². The fourth-order valence-electron chi connectivity index (χ4n) is 1.25. The van der Waals surface area contributed by atoms with E-state index in [4.69, 9.17) is 10.8 Å². The molecule has 0 saturated carbocycles. The predicted octanol–water partition coefficient (Wildman–Crippen LogP) is 1.49. The van der Waals surface area contributed by atoms with Crippen LogP contribution in [0.1, 0.15) is 9.67 Å². The molecule has 0 aliphatic rings. The number of hydrogen-bond acceptors (Lipinski definition) is 5. The first-order valence-electron chi connectivity index (χ1n) is 4.06. The minimum absolute atomic E-state index is 0.210. The van der Waals surface area contributed by atoms with Gasteiger partial charge < -0.3 is 10.8 Å². The Kier molecular flexibility index (Phi) is 2.34. The molecule has 0 radical (unpaired) electrons. The Bertz CT molecular complexity index is 495. The lowest BCUT2D eigenvalue weighted by molar-refractivity contribution is 0.0703. The molecule has 0 bridgehead atoms. The highest BCUT2D eigenvalue weighted by molar-refractivity contribution is 7.13. The Morgan fingerprint density at radius 3 is 2.67 bits per heavy atom. The van der Waals surface area contributed by atoms with E-state index in [1.807, 2.05) is 0 Å². The van der Waals surface area contributed by atoms with Crippen LogP contribution < -0.4 is 5.73 Å². The van der Waals surface area contributed by atoms with Gasteiger partial charge >= 0.3 is 5.97 Å². The molecule has 0 atom stereocenters. The van der Waals surface area contributed by atoms with E-state index in [1.165, 1.54) is 18.7 Å². The van der Waals surface area contributed by atoms with Gasteiger partial charge in [-0.3, -0.25) is 0 Å². The molecule has 6 heteroatoms. The van der Waals surface area contributed by atoms with Crippen LogP contribution in [0.4, 0.5) is 5.69 Å². The zero-order chi connectivity index (χ0) is 10.8. The summed E-state index contributed by atoms with van der Waals surface area (Å²) >= 11 is 1.10. The zero-order valence-corrected chi connectivity index (χ0v) is 8.36. The van der Waals surface area contributed by atoms with Crippen LogP contribution in [0, 0.1) is 0 Å². The number of aromatic carboxylic acids is 1. The smallest absolute Gasteiger partial charge is 0.346 e. The Labute approximate surface area is 89.2 Å². The standard InChI is InChI=1S/C9H7N3O2S/c10-6-3-15-8(9(13)14)7(6)5-1-11-4-12-2-5/h1-4H,10H2,(H,13,14). The van der Waals surface area contributed by atoms with Crippen molar-refractivity contribution in [2.45, 2.75) is 0 Å². The molecule has 15 heavy (non-hydrogen) atoms. The van der Waals surface area contributed by atoms with Crippen LogP contribution in [0.3, 0.4) is 0 Å². The maximum absolute atomic E-state index is 10.9. The third-order valence-corrected chi connectivity index (χ3v) is 2.85. The van der Waals surface area contributed by atoms with Gasteiger partial charge in [0.25, 0.3) is 0 Å². The van der Waals surface area contributed by atoms with Gasteiger partial charge in [0.05, 0.1) is 5.69 Å². The summed E-state index contributed by atoms with van der Waals surface area (Å²) in [6.07, 6.45) is 4.46. The monoisotopic (exact) mass is 221 g/mol. The number of carboxylic acids is 1. The highest BCUT2D eigenvalue weighted by atomic mass is 32.1. The number of anilines is 1. The van der Waals surface area contributed by atoms with Crippen molar-refractivity contribution < 1.29 is 9.90 Å². The summed E-state index contributed by atoms with van der Waals surface area (Å²) in [7, 11) is 0. The van der Waals surface area contributed by atoms with Gasteiger partial charge in [-0.1, -0.05) is 0 Å². The third-order valence-electron chi connectivity index (χ3n) is 1.86. The van der Waals surface area contributed by atoms with Gasteiger partial charge in [-0.2, -0.15) is 0 Å². The summed E-state index contributed by atoms with van der Waals surface area (Å²) in [5, 5.41) is 10.6. The molecule has 76 valence electrons. The lowest BCUT2D eigenvalue weighted by atomic mass is 10.1. The topological polar surface area (TPSA) is 89.1 Å². The van der Waals surface area contributed by atoms with Crippen LogP contribution in [0.15, 0.2) is 24.1 Å². The maximum Gasteiger partial charge on any atom is 0.346 e. The summed E-state index contributed by atoms with van der Waals surface area (Å²) in [4.78, 5) is 18.8. The van der Waals surface area contributed by atoms with Crippen molar-refractivity contribution in [2.24, 2.45) is 0 Å². The molecule has 2 aromatic heterocycles. The second kappa shape index (κ2) is 3.66. The Balaban J connectivity index is 2.62. The number of carbonyl (C=O) groups is 1. The lowest BCUT2D eigenvalue weighted by Crippen LogP contribution is -1.97. The molecular formula is C9H7N3O2S. The number of carboxylic acid groups (broad SMARTS) is 1. The molecule has 0 aliphatic heterocycles. The van der Waals surface area contributed by atoms with Gasteiger partial charge in [0, 0.05) is 28.9 Å². The van der Waals surface area contributed by atoms with Gasteiger partial charge in [0.15, 0.2) is 0 Å². The average molecular weight is 221 g/mol. The van der Waals surface area contributed by atoms with E-state index in [1.54, 1.807) is 5.38 Å². The molecule has 0 saturated heterocycles. The van der Waals surface area contributed by atoms with Crippen molar-refractivity contribution in [1.29, 1.82) is 0 Å². The Hall–Kier alpha value is -1.95. The van der Waals surface area contributed by atoms with Crippen LogP contribution in [-0.4, -0.2) is 21.0 Å². The summed E-state index contributed by atoms with van der Waals surface area (Å²) in [5.41, 5.74) is 7.25. The molecule has 2 rings (SSSR count). The van der Waals surface area contributed by atoms with Gasteiger partial charge in [-0.15, -0.1) is 11.3 Å². The van der Waals surface area contributed by atoms with Crippen molar-refractivity contribution in [1.82, 2.24) is 9.97 Å². The van der Waals surface area contributed by atoms with E-state index in [0.717, 1.165) is 11.3 Å². The lowest BCUT2D eigenvalue weighted by Gasteiger charge is -2.00. The van der Waals surface area contributed by atoms with Crippen molar-refractivity contribution in [3.63, 3.8) is 0 Å². The summed E-state index contributed by atoms with van der Waals surface area (Å²) in [5.74, 6) is -0.990. The van der Waals surface area contributed by atoms with Gasteiger partial charge in [-0.05, 0) is 0 Å². The first-order valence-corrected chi connectivity index (χ1v) is 4.93. The SMILES string of the molecule is Nc1csc(C(=O)O)c1-c1cncnc1. The van der Waals surface area contributed by atoms with Crippen molar-refractivity contribution in [2.75, 3.05) is 5.73 Å². The van der Waals surface area contributed by atoms with E-state index >= 15 is 0 Å². The summed E-state index contributed by atoms with van der Waals surface area (Å²) in [6.45, 7) is 0. The molecule has 0 aliphatic carbocycles. The summed E-state index contributed by atoms with van der Waals surface area (Å²) < 4.78 is 0. The van der Waals surface area contributed by atoms with E-state index in [-0.39, 0.29) is 4.88 Å². The Morgan fingerprint density at radius 2 is 2.07 bits per heavy atom. The number of nitrogen functional groups attached to an aromatic ring is 1. The number of nitrogens with zero attached hydrogens (tertiary/aromatic N) is 2. The maximum atomic E-state index is 10.9. The van der Waals surface area contributed by atoms with Crippen molar-refractivity contribution in [3.05, 3.63) is 29.0 Å². The molecule has 0 aromatic carbocycles. The first-order chi connectivity index (χ1) is 7.20. The predicted molar refractivity (Wildman–Crippen MR) is 56.7 cm³/mol. The van der Waals surface area contributed by atoms with Crippen LogP contribution in [0.2, 0.25) is 0 Å². The van der Waals surface area contributed by atoms with Crippen LogP contribution in [0.25, 0.3) is 11.1 Å². The van der Waals surface area contributed by atoms with Gasteiger partial charge in [0.1, 0.15) is 11.2 Å². The number of rotatable bonds is 2. The minimum atomic E-state index is -0.990. The van der Waals surface area contributed by atoms with Crippen molar-refractivity contribution >= 4 is 23.0 Å². The number of hydrogen-bond donors (Lipinski definition) is 2.